The van der Waals surface area contributed by atoms with E-state index < -0.39 is 0 Å². The summed E-state index contributed by atoms with van der Waals surface area (Å²) >= 11 is 1.72. The van der Waals surface area contributed by atoms with Crippen LogP contribution in [0.15, 0.2) is 0 Å². The van der Waals surface area contributed by atoms with Crippen molar-refractivity contribution in [1.82, 2.24) is 10.3 Å². The predicted octanol–water partition coefficient (Wildman–Crippen LogP) is 2.50. The third kappa shape index (κ3) is 4.03. The van der Waals surface area contributed by atoms with E-state index in [0.29, 0.717) is 6.61 Å². The first-order valence-electron chi connectivity index (χ1n) is 6.00. The lowest BCUT2D eigenvalue weighted by Crippen LogP contribution is -2.06. The summed E-state index contributed by atoms with van der Waals surface area (Å²) in [6.07, 6.45) is 1.07. The van der Waals surface area contributed by atoms with Gasteiger partial charge in [-0.1, -0.05) is 6.92 Å². The molecule has 0 aliphatic rings. The molecule has 0 fully saturated rings. The fraction of sp³-hybridized carbons (Fsp3) is 0.750. The highest BCUT2D eigenvalue weighted by Gasteiger charge is 2.17. The summed E-state index contributed by atoms with van der Waals surface area (Å²) in [6, 6.07) is 0. The van der Waals surface area contributed by atoms with Crippen molar-refractivity contribution in [1.29, 1.82) is 0 Å². The van der Waals surface area contributed by atoms with Crippen molar-refractivity contribution < 1.29 is 9.47 Å². The fourth-order valence-electron chi connectivity index (χ4n) is 1.65. The van der Waals surface area contributed by atoms with Gasteiger partial charge in [0.25, 0.3) is 0 Å². The highest BCUT2D eigenvalue weighted by molar-refractivity contribution is 7.11. The molecule has 1 N–H and O–H groups in total. The Hall–Kier alpha value is -0.490. The highest BCUT2D eigenvalue weighted by atomic mass is 32.1. The van der Waals surface area contributed by atoms with Crippen LogP contribution in [0.1, 0.15) is 42.0 Å². The van der Waals surface area contributed by atoms with Crippen molar-refractivity contribution in [2.24, 2.45) is 0 Å². The van der Waals surface area contributed by atoms with E-state index in [1.807, 2.05) is 14.0 Å². The smallest absolute Gasteiger partial charge is 0.122 e. The van der Waals surface area contributed by atoms with E-state index in [0.717, 1.165) is 30.3 Å². The Morgan fingerprint density at radius 1 is 1.41 bits per heavy atom. The summed E-state index contributed by atoms with van der Waals surface area (Å²) in [4.78, 5) is 5.88. The summed E-state index contributed by atoms with van der Waals surface area (Å²) in [7, 11) is 3.64. The van der Waals surface area contributed by atoms with Gasteiger partial charge in [0.2, 0.25) is 0 Å². The van der Waals surface area contributed by atoms with Crippen LogP contribution in [-0.2, 0) is 22.6 Å². The number of rotatable bonds is 8. The Kier molecular flexibility index (Phi) is 6.65. The fourth-order valence-corrected chi connectivity index (χ4v) is 2.87. The maximum absolute atomic E-state index is 5.69. The zero-order valence-corrected chi connectivity index (χ0v) is 11.9. The zero-order valence-electron chi connectivity index (χ0n) is 11.1. The van der Waals surface area contributed by atoms with Gasteiger partial charge in [-0.3, -0.25) is 0 Å². The Balaban J connectivity index is 2.88. The van der Waals surface area contributed by atoms with Crippen LogP contribution in [-0.4, -0.2) is 25.7 Å². The molecule has 0 aliphatic heterocycles. The number of thiazole rings is 1. The molecule has 17 heavy (non-hydrogen) atoms. The summed E-state index contributed by atoms with van der Waals surface area (Å²) in [5, 5.41) is 4.22. The van der Waals surface area contributed by atoms with Gasteiger partial charge in [0, 0.05) is 25.1 Å². The molecule has 4 nitrogen and oxygen atoms in total. The summed E-state index contributed by atoms with van der Waals surface area (Å²) in [6.45, 7) is 6.25. The molecule has 1 heterocycles. The van der Waals surface area contributed by atoms with Crippen LogP contribution < -0.4 is 5.32 Å². The predicted molar refractivity (Wildman–Crippen MR) is 70.2 cm³/mol. The summed E-state index contributed by atoms with van der Waals surface area (Å²) in [5.41, 5.74) is 1.03. The van der Waals surface area contributed by atoms with Crippen molar-refractivity contribution in [2.75, 3.05) is 20.8 Å². The van der Waals surface area contributed by atoms with Gasteiger partial charge in [-0.15, -0.1) is 11.3 Å². The zero-order chi connectivity index (χ0) is 12.7. The molecule has 0 saturated heterocycles. The van der Waals surface area contributed by atoms with E-state index in [4.69, 9.17) is 9.47 Å². The minimum atomic E-state index is 0.117. The minimum Gasteiger partial charge on any atom is -0.378 e. The number of nitrogens with one attached hydrogen (secondary N) is 1. The van der Waals surface area contributed by atoms with Crippen LogP contribution in [0.4, 0.5) is 0 Å². The maximum Gasteiger partial charge on any atom is 0.122 e. The molecular formula is C12H22N2O2S. The average molecular weight is 258 g/mol. The molecule has 0 radical (unpaired) electrons. The quantitative estimate of drug-likeness (QED) is 0.778. The molecule has 5 heteroatoms. The molecule has 98 valence electrons. The SMILES string of the molecule is CCOC(CC)c1nc(COC)c(CNC)s1. The lowest BCUT2D eigenvalue weighted by Gasteiger charge is -2.11. The number of ether oxygens (including phenoxy) is 2. The molecule has 0 amide bonds. The molecule has 0 aromatic carbocycles. The normalized spacial score (nSPS) is 12.9. The first-order valence-corrected chi connectivity index (χ1v) is 6.82. The lowest BCUT2D eigenvalue weighted by molar-refractivity contribution is 0.0593. The van der Waals surface area contributed by atoms with Gasteiger partial charge in [-0.25, -0.2) is 4.98 Å². The Labute approximate surface area is 107 Å². The van der Waals surface area contributed by atoms with Crippen molar-refractivity contribution in [3.05, 3.63) is 15.6 Å². The van der Waals surface area contributed by atoms with Gasteiger partial charge in [-0.2, -0.15) is 0 Å². The Bertz CT molecular complexity index is 305. The second-order valence-electron chi connectivity index (χ2n) is 3.74. The van der Waals surface area contributed by atoms with Gasteiger partial charge < -0.3 is 14.8 Å². The number of nitrogens with zero attached hydrogens (tertiary/aromatic N) is 1. The second kappa shape index (κ2) is 7.76. The van der Waals surface area contributed by atoms with Crippen molar-refractivity contribution in [3.63, 3.8) is 0 Å². The van der Waals surface area contributed by atoms with Crippen LogP contribution in [0.3, 0.4) is 0 Å². The van der Waals surface area contributed by atoms with Crippen LogP contribution in [0.2, 0.25) is 0 Å². The molecule has 0 aliphatic carbocycles. The third-order valence-electron chi connectivity index (χ3n) is 2.43. The van der Waals surface area contributed by atoms with E-state index in [1.54, 1.807) is 18.4 Å². The largest absolute Gasteiger partial charge is 0.378 e. The number of hydrogen-bond donors (Lipinski definition) is 1. The van der Waals surface area contributed by atoms with Gasteiger partial charge in [-0.05, 0) is 20.4 Å². The van der Waals surface area contributed by atoms with Gasteiger partial charge in [0.05, 0.1) is 12.3 Å². The first-order chi connectivity index (χ1) is 8.26. The van der Waals surface area contributed by atoms with Crippen LogP contribution in [0, 0.1) is 0 Å². The molecule has 0 spiro atoms. The molecular weight excluding hydrogens is 236 g/mol. The van der Waals surface area contributed by atoms with Crippen LogP contribution >= 0.6 is 11.3 Å². The maximum atomic E-state index is 5.69. The number of methoxy groups -OCH3 is 1. The van der Waals surface area contributed by atoms with Crippen LogP contribution in [0.25, 0.3) is 0 Å². The first kappa shape index (κ1) is 14.6. The van der Waals surface area contributed by atoms with E-state index in [2.05, 4.69) is 17.2 Å². The lowest BCUT2D eigenvalue weighted by atomic mass is 10.3. The van der Waals surface area contributed by atoms with Gasteiger partial charge >= 0.3 is 0 Å². The minimum absolute atomic E-state index is 0.117. The molecule has 1 rings (SSSR count). The molecule has 1 aromatic rings. The van der Waals surface area contributed by atoms with Gasteiger partial charge in [0.1, 0.15) is 11.1 Å². The molecule has 0 saturated carbocycles. The highest BCUT2D eigenvalue weighted by Crippen LogP contribution is 2.28. The van der Waals surface area contributed by atoms with Crippen LogP contribution in [0.5, 0.6) is 0 Å². The molecule has 1 unspecified atom stereocenters. The molecule has 0 bridgehead atoms. The summed E-state index contributed by atoms with van der Waals surface area (Å²) in [5.74, 6) is 0. The number of aromatic nitrogens is 1. The Morgan fingerprint density at radius 2 is 2.18 bits per heavy atom. The van der Waals surface area contributed by atoms with E-state index in [1.165, 1.54) is 4.88 Å². The topological polar surface area (TPSA) is 43.4 Å². The number of hydrogen-bond acceptors (Lipinski definition) is 5. The monoisotopic (exact) mass is 258 g/mol. The summed E-state index contributed by atoms with van der Waals surface area (Å²) < 4.78 is 10.9. The Morgan fingerprint density at radius 3 is 2.71 bits per heavy atom. The third-order valence-corrected chi connectivity index (χ3v) is 3.62. The van der Waals surface area contributed by atoms with E-state index in [-0.39, 0.29) is 6.10 Å². The van der Waals surface area contributed by atoms with E-state index >= 15 is 0 Å². The van der Waals surface area contributed by atoms with E-state index in [9.17, 15) is 0 Å². The van der Waals surface area contributed by atoms with Crippen molar-refractivity contribution in [2.45, 2.75) is 39.5 Å². The average Bonchev–Trinajstić information content (AvgIpc) is 2.70. The molecule has 1 aromatic heterocycles. The standard InChI is InChI=1S/C12H22N2O2S/c1-5-10(16-6-2)12-14-9(8-15-4)11(17-12)7-13-3/h10,13H,5-8H2,1-4H3. The van der Waals surface area contributed by atoms with Gasteiger partial charge in [0.15, 0.2) is 0 Å². The second-order valence-corrected chi connectivity index (χ2v) is 4.85. The van der Waals surface area contributed by atoms with Crippen molar-refractivity contribution in [3.8, 4) is 0 Å². The van der Waals surface area contributed by atoms with Crippen molar-refractivity contribution >= 4 is 11.3 Å². The molecule has 1 atom stereocenters.